The van der Waals surface area contributed by atoms with Gasteiger partial charge in [-0.05, 0) is 13.0 Å². The number of fused-ring (bicyclic) bond motifs is 1. The predicted molar refractivity (Wildman–Crippen MR) is 97.8 cm³/mol. The number of nitrogens with zero attached hydrogens (tertiary/aromatic N) is 2. The van der Waals surface area contributed by atoms with Crippen LogP contribution in [-0.4, -0.2) is 16.2 Å². The number of rotatable bonds is 3. The molecule has 4 aromatic rings. The summed E-state index contributed by atoms with van der Waals surface area (Å²) < 4.78 is 0. The first kappa shape index (κ1) is 13.9. The van der Waals surface area contributed by atoms with E-state index in [9.17, 15) is 0 Å². The number of aliphatic imine (C=N–C) groups is 1. The van der Waals surface area contributed by atoms with Crippen molar-refractivity contribution in [3.63, 3.8) is 0 Å². The maximum atomic E-state index is 4.60. The van der Waals surface area contributed by atoms with Gasteiger partial charge in [0.2, 0.25) is 5.13 Å². The normalized spacial score (nSPS) is 11.5. The Balaban J connectivity index is 1.61. The van der Waals surface area contributed by atoms with E-state index in [1.54, 1.807) is 11.3 Å². The highest BCUT2D eigenvalue weighted by molar-refractivity contribution is 7.13. The largest absolute Gasteiger partial charge is 0.361 e. The van der Waals surface area contributed by atoms with Gasteiger partial charge in [0.1, 0.15) is 0 Å². The highest BCUT2D eigenvalue weighted by Gasteiger charge is 2.04. The van der Waals surface area contributed by atoms with Gasteiger partial charge in [-0.1, -0.05) is 48.0 Å². The van der Waals surface area contributed by atoms with Gasteiger partial charge in [-0.25, -0.2) is 9.98 Å². The van der Waals surface area contributed by atoms with Crippen LogP contribution in [0.4, 0.5) is 5.13 Å². The van der Waals surface area contributed by atoms with Crippen molar-refractivity contribution in [2.24, 2.45) is 4.99 Å². The molecule has 112 valence electrons. The molecule has 0 unspecified atom stereocenters. The summed E-state index contributed by atoms with van der Waals surface area (Å²) in [5.74, 6) is 0. The fraction of sp³-hybridized carbons (Fsp3) is 0.0526. The zero-order chi connectivity index (χ0) is 15.6. The van der Waals surface area contributed by atoms with Crippen LogP contribution in [0.1, 0.15) is 11.1 Å². The van der Waals surface area contributed by atoms with Crippen LogP contribution in [0.25, 0.3) is 22.2 Å². The minimum Gasteiger partial charge on any atom is -0.361 e. The van der Waals surface area contributed by atoms with Gasteiger partial charge in [-0.2, -0.15) is 0 Å². The van der Waals surface area contributed by atoms with Gasteiger partial charge in [0.15, 0.2) is 0 Å². The van der Waals surface area contributed by atoms with Crippen molar-refractivity contribution in [2.75, 3.05) is 0 Å². The maximum Gasteiger partial charge on any atom is 0.209 e. The standard InChI is InChI=1S/C19H15N3S/c1-13-6-8-14(9-7-13)18-12-23-19(22-18)21-11-15-10-20-17-5-3-2-4-16(15)17/h2-12,20H,1H3. The third kappa shape index (κ3) is 2.81. The van der Waals surface area contributed by atoms with Crippen LogP contribution in [0.3, 0.4) is 0 Å². The van der Waals surface area contributed by atoms with E-state index in [4.69, 9.17) is 0 Å². The summed E-state index contributed by atoms with van der Waals surface area (Å²) in [6, 6.07) is 16.6. The number of para-hydroxylation sites is 1. The Bertz CT molecular complexity index is 977. The van der Waals surface area contributed by atoms with Gasteiger partial charge in [-0.15, -0.1) is 11.3 Å². The maximum absolute atomic E-state index is 4.60. The van der Waals surface area contributed by atoms with Crippen LogP contribution >= 0.6 is 11.3 Å². The summed E-state index contributed by atoms with van der Waals surface area (Å²) in [5.41, 5.74) is 5.55. The first-order valence-electron chi connectivity index (χ1n) is 7.42. The van der Waals surface area contributed by atoms with Crippen molar-refractivity contribution in [1.82, 2.24) is 9.97 Å². The first-order chi connectivity index (χ1) is 11.3. The van der Waals surface area contributed by atoms with Gasteiger partial charge < -0.3 is 4.98 Å². The highest BCUT2D eigenvalue weighted by Crippen LogP contribution is 2.27. The number of benzene rings is 2. The monoisotopic (exact) mass is 317 g/mol. The fourth-order valence-corrected chi connectivity index (χ4v) is 3.18. The lowest BCUT2D eigenvalue weighted by molar-refractivity contribution is 1.35. The molecule has 2 aromatic carbocycles. The van der Waals surface area contributed by atoms with Crippen molar-refractivity contribution in [2.45, 2.75) is 6.92 Å². The molecule has 0 bridgehead atoms. The van der Waals surface area contributed by atoms with Crippen molar-refractivity contribution in [1.29, 1.82) is 0 Å². The zero-order valence-corrected chi connectivity index (χ0v) is 13.5. The predicted octanol–water partition coefficient (Wildman–Crippen LogP) is 5.35. The molecule has 1 N–H and O–H groups in total. The molecule has 4 rings (SSSR count). The molecule has 0 aliphatic carbocycles. The molecule has 2 aromatic heterocycles. The molecule has 0 fully saturated rings. The van der Waals surface area contributed by atoms with Crippen molar-refractivity contribution in [3.8, 4) is 11.3 Å². The SMILES string of the molecule is Cc1ccc(-c2csc(N=Cc3c[nH]c4ccccc34)n2)cc1. The summed E-state index contributed by atoms with van der Waals surface area (Å²) in [4.78, 5) is 12.4. The quantitative estimate of drug-likeness (QED) is 0.508. The molecule has 0 spiro atoms. The number of thiazole rings is 1. The summed E-state index contributed by atoms with van der Waals surface area (Å²) in [6.45, 7) is 2.09. The molecule has 0 aliphatic rings. The minimum atomic E-state index is 0.769. The lowest BCUT2D eigenvalue weighted by Crippen LogP contribution is -1.79. The Labute approximate surface area is 138 Å². The Morgan fingerprint density at radius 2 is 1.91 bits per heavy atom. The van der Waals surface area contributed by atoms with E-state index in [2.05, 4.69) is 58.3 Å². The molecule has 0 atom stereocenters. The highest BCUT2D eigenvalue weighted by atomic mass is 32.1. The third-order valence-electron chi connectivity index (χ3n) is 3.77. The van der Waals surface area contributed by atoms with Crippen LogP contribution in [0.5, 0.6) is 0 Å². The lowest BCUT2D eigenvalue weighted by atomic mass is 10.1. The van der Waals surface area contributed by atoms with Gasteiger partial charge in [0.25, 0.3) is 0 Å². The lowest BCUT2D eigenvalue weighted by Gasteiger charge is -1.96. The number of hydrogen-bond acceptors (Lipinski definition) is 3. The third-order valence-corrected chi connectivity index (χ3v) is 4.52. The second-order valence-electron chi connectivity index (χ2n) is 5.43. The topological polar surface area (TPSA) is 41.0 Å². The van der Waals surface area contributed by atoms with Crippen LogP contribution < -0.4 is 0 Å². The summed E-state index contributed by atoms with van der Waals surface area (Å²) >= 11 is 1.56. The second-order valence-corrected chi connectivity index (χ2v) is 6.27. The van der Waals surface area contributed by atoms with Gasteiger partial charge in [0.05, 0.1) is 5.69 Å². The van der Waals surface area contributed by atoms with Gasteiger partial charge in [0, 0.05) is 39.8 Å². The second kappa shape index (κ2) is 5.82. The van der Waals surface area contributed by atoms with E-state index in [-0.39, 0.29) is 0 Å². The van der Waals surface area contributed by atoms with Crippen LogP contribution in [0.2, 0.25) is 0 Å². The number of aryl methyl sites for hydroxylation is 1. The Kier molecular flexibility index (Phi) is 3.52. The first-order valence-corrected chi connectivity index (χ1v) is 8.30. The molecular weight excluding hydrogens is 302 g/mol. The van der Waals surface area contributed by atoms with Crippen LogP contribution in [0, 0.1) is 6.92 Å². The molecule has 4 heteroatoms. The van der Waals surface area contributed by atoms with Crippen LogP contribution in [-0.2, 0) is 0 Å². The van der Waals surface area contributed by atoms with Gasteiger partial charge >= 0.3 is 0 Å². The molecule has 3 nitrogen and oxygen atoms in total. The Hall–Kier alpha value is -2.72. The Morgan fingerprint density at radius 3 is 2.78 bits per heavy atom. The minimum absolute atomic E-state index is 0.769. The average Bonchev–Trinajstić information content (AvgIpc) is 3.20. The molecule has 0 aliphatic heterocycles. The van der Waals surface area contributed by atoms with Crippen LogP contribution in [0.15, 0.2) is 65.1 Å². The molecule has 0 radical (unpaired) electrons. The van der Waals surface area contributed by atoms with E-state index in [1.807, 2.05) is 29.9 Å². The Morgan fingerprint density at radius 1 is 1.09 bits per heavy atom. The number of aromatic nitrogens is 2. The molecular formula is C19H15N3S. The van der Waals surface area contributed by atoms with E-state index in [0.29, 0.717) is 0 Å². The molecule has 0 saturated heterocycles. The molecule has 2 heterocycles. The molecule has 23 heavy (non-hydrogen) atoms. The average molecular weight is 317 g/mol. The smallest absolute Gasteiger partial charge is 0.209 e. The van der Waals surface area contributed by atoms with E-state index < -0.39 is 0 Å². The number of H-pyrrole nitrogens is 1. The zero-order valence-electron chi connectivity index (χ0n) is 12.7. The van der Waals surface area contributed by atoms with E-state index in [0.717, 1.165) is 27.5 Å². The van der Waals surface area contributed by atoms with E-state index in [1.165, 1.54) is 10.9 Å². The van der Waals surface area contributed by atoms with Crippen molar-refractivity contribution < 1.29 is 0 Å². The summed E-state index contributed by atoms with van der Waals surface area (Å²) in [6.07, 6.45) is 3.85. The number of aromatic amines is 1. The fourth-order valence-electron chi connectivity index (χ4n) is 2.51. The summed E-state index contributed by atoms with van der Waals surface area (Å²) in [7, 11) is 0. The summed E-state index contributed by atoms with van der Waals surface area (Å²) in [5, 5.41) is 3.99. The van der Waals surface area contributed by atoms with Gasteiger partial charge in [-0.3, -0.25) is 0 Å². The van der Waals surface area contributed by atoms with Crippen molar-refractivity contribution >= 4 is 33.6 Å². The number of nitrogens with one attached hydrogen (secondary N) is 1. The molecule has 0 saturated carbocycles. The van der Waals surface area contributed by atoms with E-state index >= 15 is 0 Å². The molecule has 0 amide bonds. The van der Waals surface area contributed by atoms with Crippen molar-refractivity contribution in [3.05, 3.63) is 71.2 Å². The number of hydrogen-bond donors (Lipinski definition) is 1.